The van der Waals surface area contributed by atoms with Crippen molar-refractivity contribution in [1.29, 1.82) is 0 Å². The molecule has 0 fully saturated rings. The second kappa shape index (κ2) is 6.75. The van der Waals surface area contributed by atoms with Crippen LogP contribution < -0.4 is 4.74 Å². The Morgan fingerprint density at radius 1 is 1.35 bits per heavy atom. The van der Waals surface area contributed by atoms with E-state index in [-0.39, 0.29) is 6.42 Å². The first-order valence-corrected chi connectivity index (χ1v) is 7.01. The van der Waals surface area contributed by atoms with E-state index in [2.05, 4.69) is 4.90 Å². The molecule has 4 heteroatoms. The molecule has 1 N–H and O–H groups in total. The lowest BCUT2D eigenvalue weighted by Gasteiger charge is -2.40. The first-order chi connectivity index (χ1) is 9.38. The second-order valence-corrected chi connectivity index (χ2v) is 5.22. The van der Waals surface area contributed by atoms with Gasteiger partial charge in [-0.05, 0) is 33.0 Å². The summed E-state index contributed by atoms with van der Waals surface area (Å²) in [5.74, 6) is -0.0609. The van der Waals surface area contributed by atoms with Crippen LogP contribution in [0, 0.1) is 6.92 Å². The third-order valence-electron chi connectivity index (χ3n) is 3.89. The third kappa shape index (κ3) is 3.31. The van der Waals surface area contributed by atoms with Crippen molar-refractivity contribution in [3.8, 4) is 5.75 Å². The van der Waals surface area contributed by atoms with E-state index in [9.17, 15) is 9.90 Å². The summed E-state index contributed by atoms with van der Waals surface area (Å²) in [6.07, 6.45) is 0.0501. The first kappa shape index (κ1) is 16.5. The lowest BCUT2D eigenvalue weighted by atomic mass is 9.85. The monoisotopic (exact) mass is 279 g/mol. The standard InChI is InChI=1S/C16H25NO3/c1-6-17(7-2)16(4,11-15(18)19)13-10-12(3)8-9-14(13)20-5/h8-10H,6-7,11H2,1-5H3,(H,18,19). The second-order valence-electron chi connectivity index (χ2n) is 5.22. The summed E-state index contributed by atoms with van der Waals surface area (Å²) < 4.78 is 5.45. The maximum absolute atomic E-state index is 11.3. The largest absolute Gasteiger partial charge is 0.496 e. The third-order valence-corrected chi connectivity index (χ3v) is 3.89. The molecule has 1 aromatic rings. The Hall–Kier alpha value is -1.55. The van der Waals surface area contributed by atoms with Crippen molar-refractivity contribution in [3.63, 3.8) is 0 Å². The van der Waals surface area contributed by atoms with Crippen molar-refractivity contribution < 1.29 is 14.6 Å². The van der Waals surface area contributed by atoms with E-state index in [0.717, 1.165) is 30.0 Å². The molecule has 0 aliphatic rings. The van der Waals surface area contributed by atoms with Crippen LogP contribution in [0.25, 0.3) is 0 Å². The topological polar surface area (TPSA) is 49.8 Å². The summed E-state index contributed by atoms with van der Waals surface area (Å²) in [6.45, 7) is 9.66. The van der Waals surface area contributed by atoms with Gasteiger partial charge in [-0.1, -0.05) is 31.5 Å². The number of hydrogen-bond acceptors (Lipinski definition) is 3. The first-order valence-electron chi connectivity index (χ1n) is 7.01. The van der Waals surface area contributed by atoms with Gasteiger partial charge in [0.25, 0.3) is 0 Å². The summed E-state index contributed by atoms with van der Waals surface area (Å²) in [6, 6.07) is 5.92. The fraction of sp³-hybridized carbons (Fsp3) is 0.562. The predicted octanol–water partition coefficient (Wildman–Crippen LogP) is 3.04. The minimum Gasteiger partial charge on any atom is -0.496 e. The minimum atomic E-state index is -0.803. The van der Waals surface area contributed by atoms with E-state index in [1.807, 2.05) is 45.9 Å². The molecule has 4 nitrogen and oxygen atoms in total. The van der Waals surface area contributed by atoms with E-state index in [1.54, 1.807) is 7.11 Å². The van der Waals surface area contributed by atoms with Crippen LogP contribution in [0.5, 0.6) is 5.75 Å². The highest BCUT2D eigenvalue weighted by Crippen LogP contribution is 2.38. The van der Waals surface area contributed by atoms with Crippen molar-refractivity contribution in [2.45, 2.75) is 39.7 Å². The van der Waals surface area contributed by atoms with Crippen LogP contribution in [0.4, 0.5) is 0 Å². The van der Waals surface area contributed by atoms with Crippen LogP contribution in [-0.2, 0) is 10.3 Å². The van der Waals surface area contributed by atoms with Crippen molar-refractivity contribution in [2.75, 3.05) is 20.2 Å². The Kier molecular flexibility index (Phi) is 5.57. The molecule has 112 valence electrons. The maximum atomic E-state index is 11.3. The minimum absolute atomic E-state index is 0.0501. The molecule has 0 amide bonds. The summed E-state index contributed by atoms with van der Waals surface area (Å²) in [4.78, 5) is 13.5. The molecule has 0 spiro atoms. The molecule has 0 aromatic heterocycles. The van der Waals surface area contributed by atoms with Crippen LogP contribution in [-0.4, -0.2) is 36.2 Å². The molecule has 0 saturated carbocycles. The van der Waals surface area contributed by atoms with Crippen molar-refractivity contribution in [1.82, 2.24) is 4.90 Å². The van der Waals surface area contributed by atoms with Crippen LogP contribution in [0.3, 0.4) is 0 Å². The van der Waals surface area contributed by atoms with E-state index in [0.29, 0.717) is 0 Å². The SMILES string of the molecule is CCN(CC)C(C)(CC(=O)O)c1cc(C)ccc1OC. The van der Waals surface area contributed by atoms with Gasteiger partial charge in [0.05, 0.1) is 19.1 Å². The summed E-state index contributed by atoms with van der Waals surface area (Å²) in [7, 11) is 1.62. The van der Waals surface area contributed by atoms with Gasteiger partial charge in [0.2, 0.25) is 0 Å². The zero-order chi connectivity index (χ0) is 15.3. The molecule has 0 heterocycles. The molecule has 0 bridgehead atoms. The number of rotatable bonds is 7. The van der Waals surface area contributed by atoms with Crippen LogP contribution in [0.1, 0.15) is 38.3 Å². The van der Waals surface area contributed by atoms with Crippen LogP contribution in [0.2, 0.25) is 0 Å². The number of ether oxygens (including phenoxy) is 1. The number of aryl methyl sites for hydroxylation is 1. The molecule has 1 unspecified atom stereocenters. The molecular formula is C16H25NO3. The number of methoxy groups -OCH3 is 1. The average Bonchev–Trinajstić information content (AvgIpc) is 2.39. The molecule has 20 heavy (non-hydrogen) atoms. The van der Waals surface area contributed by atoms with Gasteiger partial charge in [0, 0.05) is 5.56 Å². The highest BCUT2D eigenvalue weighted by atomic mass is 16.5. The van der Waals surface area contributed by atoms with Gasteiger partial charge in [-0.25, -0.2) is 0 Å². The van der Waals surface area contributed by atoms with E-state index in [1.165, 1.54) is 0 Å². The predicted molar refractivity (Wildman–Crippen MR) is 80.3 cm³/mol. The van der Waals surface area contributed by atoms with Crippen molar-refractivity contribution in [2.24, 2.45) is 0 Å². The quantitative estimate of drug-likeness (QED) is 0.833. The van der Waals surface area contributed by atoms with Gasteiger partial charge in [-0.3, -0.25) is 9.69 Å². The Bertz CT molecular complexity index is 469. The summed E-state index contributed by atoms with van der Waals surface area (Å²) in [5.41, 5.74) is 1.46. The van der Waals surface area contributed by atoms with E-state index >= 15 is 0 Å². The number of hydrogen-bond donors (Lipinski definition) is 1. The van der Waals surface area contributed by atoms with Crippen molar-refractivity contribution >= 4 is 5.97 Å². The zero-order valence-corrected chi connectivity index (χ0v) is 13.1. The van der Waals surface area contributed by atoms with E-state index in [4.69, 9.17) is 4.74 Å². The van der Waals surface area contributed by atoms with Gasteiger partial charge in [-0.2, -0.15) is 0 Å². The molecule has 0 radical (unpaired) electrons. The lowest BCUT2D eigenvalue weighted by molar-refractivity contribution is -0.140. The summed E-state index contributed by atoms with van der Waals surface area (Å²) in [5, 5.41) is 9.32. The Morgan fingerprint density at radius 2 is 1.95 bits per heavy atom. The van der Waals surface area contributed by atoms with Crippen LogP contribution in [0.15, 0.2) is 18.2 Å². The highest BCUT2D eigenvalue weighted by Gasteiger charge is 2.37. The summed E-state index contributed by atoms with van der Waals surface area (Å²) >= 11 is 0. The van der Waals surface area contributed by atoms with Crippen LogP contribution >= 0.6 is 0 Å². The number of benzene rings is 1. The Balaban J connectivity index is 3.43. The molecule has 1 atom stereocenters. The molecule has 0 saturated heterocycles. The smallest absolute Gasteiger partial charge is 0.305 e. The highest BCUT2D eigenvalue weighted by molar-refractivity contribution is 5.69. The molecular weight excluding hydrogens is 254 g/mol. The number of carboxylic acid groups (broad SMARTS) is 1. The zero-order valence-electron chi connectivity index (χ0n) is 13.1. The molecule has 1 rings (SSSR count). The average molecular weight is 279 g/mol. The molecule has 0 aliphatic carbocycles. The number of aliphatic carboxylic acids is 1. The van der Waals surface area contributed by atoms with Gasteiger partial charge in [0.15, 0.2) is 0 Å². The van der Waals surface area contributed by atoms with Crippen molar-refractivity contribution in [3.05, 3.63) is 29.3 Å². The fourth-order valence-electron chi connectivity index (χ4n) is 2.84. The van der Waals surface area contributed by atoms with E-state index < -0.39 is 11.5 Å². The lowest BCUT2D eigenvalue weighted by Crippen LogP contribution is -2.45. The normalized spacial score (nSPS) is 14.1. The van der Waals surface area contributed by atoms with Gasteiger partial charge in [0.1, 0.15) is 5.75 Å². The number of carboxylic acids is 1. The fourth-order valence-corrected chi connectivity index (χ4v) is 2.84. The van der Waals surface area contributed by atoms with Gasteiger partial charge >= 0.3 is 5.97 Å². The Morgan fingerprint density at radius 3 is 2.40 bits per heavy atom. The molecule has 1 aromatic carbocycles. The Labute approximate surface area is 121 Å². The van der Waals surface area contributed by atoms with Gasteiger partial charge in [-0.15, -0.1) is 0 Å². The molecule has 0 aliphatic heterocycles. The number of carbonyl (C=O) groups is 1. The maximum Gasteiger partial charge on any atom is 0.305 e. The number of nitrogens with zero attached hydrogens (tertiary/aromatic N) is 1. The van der Waals surface area contributed by atoms with Gasteiger partial charge < -0.3 is 9.84 Å².